The molecule has 0 unspecified atom stereocenters. The molecule has 0 fully saturated rings. The second kappa shape index (κ2) is 4.81. The second-order valence-corrected chi connectivity index (χ2v) is 4.82. The van der Waals surface area contributed by atoms with E-state index in [1.54, 1.807) is 6.26 Å². The maximum absolute atomic E-state index is 5.82. The molecule has 0 bridgehead atoms. The SMILES string of the molecule is Cc1cccc(OCc2coc3c(C)cccc23)c1. The number of aryl methyl sites for hydroxylation is 2. The summed E-state index contributed by atoms with van der Waals surface area (Å²) in [5.74, 6) is 0.891. The highest BCUT2D eigenvalue weighted by Gasteiger charge is 2.08. The van der Waals surface area contributed by atoms with Crippen molar-refractivity contribution in [3.05, 3.63) is 65.4 Å². The van der Waals surface area contributed by atoms with Crippen molar-refractivity contribution in [1.29, 1.82) is 0 Å². The second-order valence-electron chi connectivity index (χ2n) is 4.82. The molecular weight excluding hydrogens is 236 g/mol. The summed E-state index contributed by atoms with van der Waals surface area (Å²) in [7, 11) is 0. The third kappa shape index (κ3) is 2.34. The van der Waals surface area contributed by atoms with Gasteiger partial charge in [0, 0.05) is 10.9 Å². The molecule has 2 heteroatoms. The van der Waals surface area contributed by atoms with Gasteiger partial charge < -0.3 is 9.15 Å². The zero-order chi connectivity index (χ0) is 13.2. The summed E-state index contributed by atoms with van der Waals surface area (Å²) < 4.78 is 11.4. The summed E-state index contributed by atoms with van der Waals surface area (Å²) in [4.78, 5) is 0. The number of hydrogen-bond donors (Lipinski definition) is 0. The first-order valence-corrected chi connectivity index (χ1v) is 6.39. The fourth-order valence-electron chi connectivity index (χ4n) is 2.23. The Morgan fingerprint density at radius 1 is 1.05 bits per heavy atom. The van der Waals surface area contributed by atoms with E-state index in [2.05, 4.69) is 32.0 Å². The quantitative estimate of drug-likeness (QED) is 0.678. The Balaban J connectivity index is 1.84. The molecule has 2 nitrogen and oxygen atoms in total. The molecule has 0 aliphatic carbocycles. The van der Waals surface area contributed by atoms with Crippen LogP contribution < -0.4 is 4.74 Å². The Labute approximate surface area is 112 Å². The van der Waals surface area contributed by atoms with Gasteiger partial charge in [-0.3, -0.25) is 0 Å². The van der Waals surface area contributed by atoms with Gasteiger partial charge in [0.05, 0.1) is 6.26 Å². The standard InChI is InChI=1S/C17H16O2/c1-12-5-3-7-15(9-12)18-10-14-11-19-17-13(2)6-4-8-16(14)17/h3-9,11H,10H2,1-2H3. The largest absolute Gasteiger partial charge is 0.489 e. The molecule has 2 aromatic carbocycles. The van der Waals surface area contributed by atoms with Crippen LogP contribution in [0.4, 0.5) is 0 Å². The van der Waals surface area contributed by atoms with Gasteiger partial charge >= 0.3 is 0 Å². The molecule has 0 amide bonds. The van der Waals surface area contributed by atoms with E-state index in [-0.39, 0.29) is 0 Å². The van der Waals surface area contributed by atoms with Gasteiger partial charge in [-0.1, -0.05) is 30.3 Å². The molecule has 0 atom stereocenters. The molecule has 19 heavy (non-hydrogen) atoms. The van der Waals surface area contributed by atoms with Crippen molar-refractivity contribution in [3.8, 4) is 5.75 Å². The number of ether oxygens (including phenoxy) is 1. The zero-order valence-electron chi connectivity index (χ0n) is 11.1. The molecule has 96 valence electrons. The first-order chi connectivity index (χ1) is 9.24. The predicted molar refractivity (Wildman–Crippen MR) is 76.5 cm³/mol. The average Bonchev–Trinajstić information content (AvgIpc) is 2.81. The predicted octanol–water partition coefficient (Wildman–Crippen LogP) is 4.63. The van der Waals surface area contributed by atoms with E-state index in [1.165, 1.54) is 5.56 Å². The Bertz CT molecular complexity index is 710. The summed E-state index contributed by atoms with van der Waals surface area (Å²) in [6, 6.07) is 14.2. The van der Waals surface area contributed by atoms with Crippen molar-refractivity contribution in [3.63, 3.8) is 0 Å². The summed E-state index contributed by atoms with van der Waals surface area (Å²) in [5, 5.41) is 1.13. The van der Waals surface area contributed by atoms with Crippen LogP contribution in [-0.2, 0) is 6.61 Å². The molecule has 0 aliphatic heterocycles. The van der Waals surface area contributed by atoms with Crippen LogP contribution in [-0.4, -0.2) is 0 Å². The summed E-state index contributed by atoms with van der Waals surface area (Å²) in [6.45, 7) is 4.64. The lowest BCUT2D eigenvalue weighted by Crippen LogP contribution is -1.94. The van der Waals surface area contributed by atoms with Crippen LogP contribution in [0.2, 0.25) is 0 Å². The molecule has 3 aromatic rings. The smallest absolute Gasteiger partial charge is 0.137 e. The number of hydrogen-bond acceptors (Lipinski definition) is 2. The van der Waals surface area contributed by atoms with Crippen LogP contribution in [0.1, 0.15) is 16.7 Å². The summed E-state index contributed by atoms with van der Waals surface area (Å²) >= 11 is 0. The lowest BCUT2D eigenvalue weighted by atomic mass is 10.1. The first kappa shape index (κ1) is 11.8. The van der Waals surface area contributed by atoms with E-state index in [4.69, 9.17) is 9.15 Å². The van der Waals surface area contributed by atoms with Crippen LogP contribution >= 0.6 is 0 Å². The minimum atomic E-state index is 0.528. The van der Waals surface area contributed by atoms with Crippen molar-refractivity contribution < 1.29 is 9.15 Å². The highest BCUT2D eigenvalue weighted by Crippen LogP contribution is 2.25. The van der Waals surface area contributed by atoms with Gasteiger partial charge in [-0.2, -0.15) is 0 Å². The maximum Gasteiger partial charge on any atom is 0.137 e. The van der Waals surface area contributed by atoms with Gasteiger partial charge in [0.25, 0.3) is 0 Å². The van der Waals surface area contributed by atoms with Crippen molar-refractivity contribution in [2.45, 2.75) is 20.5 Å². The molecule has 1 heterocycles. The monoisotopic (exact) mass is 252 g/mol. The van der Waals surface area contributed by atoms with Crippen LogP contribution in [0.5, 0.6) is 5.75 Å². The molecule has 0 saturated heterocycles. The molecule has 0 N–H and O–H groups in total. The number of para-hydroxylation sites is 1. The Kier molecular flexibility index (Phi) is 3.00. The van der Waals surface area contributed by atoms with Gasteiger partial charge in [0.15, 0.2) is 0 Å². The number of fused-ring (bicyclic) bond motifs is 1. The molecule has 0 aliphatic rings. The minimum Gasteiger partial charge on any atom is -0.489 e. The van der Waals surface area contributed by atoms with E-state index < -0.39 is 0 Å². The summed E-state index contributed by atoms with van der Waals surface area (Å²) in [5.41, 5.74) is 4.38. The van der Waals surface area contributed by atoms with E-state index in [9.17, 15) is 0 Å². The normalized spacial score (nSPS) is 10.8. The third-order valence-corrected chi connectivity index (χ3v) is 3.26. The topological polar surface area (TPSA) is 22.4 Å². The molecule has 0 saturated carbocycles. The fraction of sp³-hybridized carbons (Fsp3) is 0.176. The number of furan rings is 1. The van der Waals surface area contributed by atoms with E-state index in [1.807, 2.05) is 24.3 Å². The Morgan fingerprint density at radius 3 is 2.74 bits per heavy atom. The van der Waals surface area contributed by atoms with Crippen LogP contribution in [0, 0.1) is 13.8 Å². The molecule has 0 spiro atoms. The molecule has 3 rings (SSSR count). The van der Waals surface area contributed by atoms with Gasteiger partial charge in [-0.15, -0.1) is 0 Å². The lowest BCUT2D eigenvalue weighted by molar-refractivity contribution is 0.306. The molecule has 0 radical (unpaired) electrons. The van der Waals surface area contributed by atoms with E-state index in [0.29, 0.717) is 6.61 Å². The number of benzene rings is 2. The van der Waals surface area contributed by atoms with Crippen molar-refractivity contribution >= 4 is 11.0 Å². The zero-order valence-corrected chi connectivity index (χ0v) is 11.1. The van der Waals surface area contributed by atoms with Gasteiger partial charge in [-0.25, -0.2) is 0 Å². The fourth-order valence-corrected chi connectivity index (χ4v) is 2.23. The number of rotatable bonds is 3. The van der Waals surface area contributed by atoms with Crippen LogP contribution in [0.3, 0.4) is 0 Å². The van der Waals surface area contributed by atoms with Crippen LogP contribution in [0.15, 0.2) is 53.1 Å². The van der Waals surface area contributed by atoms with Crippen molar-refractivity contribution in [2.75, 3.05) is 0 Å². The van der Waals surface area contributed by atoms with E-state index >= 15 is 0 Å². The highest BCUT2D eigenvalue weighted by molar-refractivity contribution is 5.83. The van der Waals surface area contributed by atoms with E-state index in [0.717, 1.165) is 27.8 Å². The Hall–Kier alpha value is -2.22. The van der Waals surface area contributed by atoms with Crippen LogP contribution in [0.25, 0.3) is 11.0 Å². The van der Waals surface area contributed by atoms with Gasteiger partial charge in [0.2, 0.25) is 0 Å². The molecular formula is C17H16O2. The Morgan fingerprint density at radius 2 is 1.89 bits per heavy atom. The van der Waals surface area contributed by atoms with Gasteiger partial charge in [0.1, 0.15) is 17.9 Å². The van der Waals surface area contributed by atoms with Crippen molar-refractivity contribution in [2.24, 2.45) is 0 Å². The van der Waals surface area contributed by atoms with Crippen molar-refractivity contribution in [1.82, 2.24) is 0 Å². The third-order valence-electron chi connectivity index (χ3n) is 3.26. The maximum atomic E-state index is 5.82. The lowest BCUT2D eigenvalue weighted by Gasteiger charge is -2.05. The molecule has 1 aromatic heterocycles. The first-order valence-electron chi connectivity index (χ1n) is 6.39. The summed E-state index contributed by atoms with van der Waals surface area (Å²) in [6.07, 6.45) is 1.79. The average molecular weight is 252 g/mol. The minimum absolute atomic E-state index is 0.528. The highest BCUT2D eigenvalue weighted by atomic mass is 16.5. The van der Waals surface area contributed by atoms with Gasteiger partial charge in [-0.05, 0) is 37.1 Å².